The van der Waals surface area contributed by atoms with Gasteiger partial charge >= 0.3 is 5.97 Å². The van der Waals surface area contributed by atoms with Crippen molar-refractivity contribution in [1.82, 2.24) is 19.9 Å². The highest BCUT2D eigenvalue weighted by molar-refractivity contribution is 7.20. The second kappa shape index (κ2) is 5.06. The SMILES string of the molecule is Cc1c(C(=O)O)sc2nc(Cc3ccncn3)[nH]c(=O)c12. The highest BCUT2D eigenvalue weighted by Crippen LogP contribution is 2.26. The molecule has 21 heavy (non-hydrogen) atoms. The summed E-state index contributed by atoms with van der Waals surface area (Å²) in [4.78, 5) is 38.7. The Hall–Kier alpha value is -2.61. The fourth-order valence-corrected chi connectivity index (χ4v) is 3.11. The number of H-pyrrole nitrogens is 1. The average molecular weight is 302 g/mol. The number of hydrogen-bond acceptors (Lipinski definition) is 6. The van der Waals surface area contributed by atoms with Gasteiger partial charge in [0.1, 0.15) is 21.9 Å². The minimum absolute atomic E-state index is 0.141. The van der Waals surface area contributed by atoms with Gasteiger partial charge in [0.2, 0.25) is 0 Å². The number of rotatable bonds is 3. The van der Waals surface area contributed by atoms with Gasteiger partial charge in [0.15, 0.2) is 0 Å². The topological polar surface area (TPSA) is 109 Å². The predicted molar refractivity (Wildman–Crippen MR) is 76.8 cm³/mol. The van der Waals surface area contributed by atoms with E-state index in [2.05, 4.69) is 19.9 Å². The molecular weight excluding hydrogens is 292 g/mol. The van der Waals surface area contributed by atoms with Crippen molar-refractivity contribution in [1.29, 1.82) is 0 Å². The molecule has 0 unspecified atom stereocenters. The van der Waals surface area contributed by atoms with Crippen molar-refractivity contribution in [3.8, 4) is 0 Å². The van der Waals surface area contributed by atoms with Crippen LogP contribution in [0.3, 0.4) is 0 Å². The molecule has 3 aromatic rings. The van der Waals surface area contributed by atoms with Crippen LogP contribution in [-0.4, -0.2) is 31.0 Å². The molecule has 0 atom stereocenters. The molecule has 0 saturated carbocycles. The zero-order valence-corrected chi connectivity index (χ0v) is 11.8. The lowest BCUT2D eigenvalue weighted by atomic mass is 10.2. The van der Waals surface area contributed by atoms with Gasteiger partial charge in [-0.05, 0) is 18.6 Å². The van der Waals surface area contributed by atoms with Crippen LogP contribution in [-0.2, 0) is 6.42 Å². The van der Waals surface area contributed by atoms with Crippen molar-refractivity contribution in [3.05, 3.63) is 50.9 Å². The maximum atomic E-state index is 12.1. The Balaban J connectivity index is 2.11. The van der Waals surface area contributed by atoms with E-state index in [4.69, 9.17) is 5.11 Å². The summed E-state index contributed by atoms with van der Waals surface area (Å²) in [6.45, 7) is 1.61. The molecule has 0 aliphatic rings. The predicted octanol–water partition coefficient (Wildman–Crippen LogP) is 1.37. The van der Waals surface area contributed by atoms with Gasteiger partial charge < -0.3 is 10.1 Å². The average Bonchev–Trinajstić information content (AvgIpc) is 2.77. The summed E-state index contributed by atoms with van der Waals surface area (Å²) in [5.41, 5.74) is 0.842. The zero-order chi connectivity index (χ0) is 15.0. The number of carbonyl (C=O) groups is 1. The van der Waals surface area contributed by atoms with Gasteiger partial charge in [0, 0.05) is 12.6 Å². The van der Waals surface area contributed by atoms with Crippen LogP contribution in [0.4, 0.5) is 0 Å². The van der Waals surface area contributed by atoms with E-state index < -0.39 is 5.97 Å². The largest absolute Gasteiger partial charge is 0.477 e. The van der Waals surface area contributed by atoms with Crippen molar-refractivity contribution in [3.63, 3.8) is 0 Å². The molecule has 3 rings (SSSR count). The molecule has 0 aromatic carbocycles. The van der Waals surface area contributed by atoms with Crippen LogP contribution in [0.1, 0.15) is 26.8 Å². The smallest absolute Gasteiger partial charge is 0.346 e. The second-order valence-corrected chi connectivity index (χ2v) is 5.43. The van der Waals surface area contributed by atoms with E-state index in [1.165, 1.54) is 6.33 Å². The van der Waals surface area contributed by atoms with Gasteiger partial charge in [0.05, 0.1) is 11.1 Å². The molecule has 7 nitrogen and oxygen atoms in total. The minimum Gasteiger partial charge on any atom is -0.477 e. The molecule has 8 heteroatoms. The molecule has 0 radical (unpaired) electrons. The van der Waals surface area contributed by atoms with Crippen molar-refractivity contribution in [2.75, 3.05) is 0 Å². The number of fused-ring (bicyclic) bond motifs is 1. The summed E-state index contributed by atoms with van der Waals surface area (Å²) in [7, 11) is 0. The van der Waals surface area contributed by atoms with E-state index in [-0.39, 0.29) is 10.4 Å². The third-order valence-corrected chi connectivity index (χ3v) is 4.21. The Morgan fingerprint density at radius 2 is 2.29 bits per heavy atom. The molecule has 0 amide bonds. The van der Waals surface area contributed by atoms with Crippen LogP contribution in [0.2, 0.25) is 0 Å². The first-order valence-electron chi connectivity index (χ1n) is 6.06. The molecule has 0 spiro atoms. The van der Waals surface area contributed by atoms with E-state index in [0.717, 1.165) is 17.0 Å². The number of nitrogens with zero attached hydrogens (tertiary/aromatic N) is 3. The molecule has 0 aliphatic carbocycles. The number of carboxylic acid groups (broad SMARTS) is 1. The van der Waals surface area contributed by atoms with Gasteiger partial charge in [-0.25, -0.2) is 19.7 Å². The van der Waals surface area contributed by atoms with Gasteiger partial charge in [-0.15, -0.1) is 11.3 Å². The summed E-state index contributed by atoms with van der Waals surface area (Å²) in [6.07, 6.45) is 3.38. The summed E-state index contributed by atoms with van der Waals surface area (Å²) >= 11 is 1.01. The first-order valence-corrected chi connectivity index (χ1v) is 6.88. The van der Waals surface area contributed by atoms with E-state index in [0.29, 0.717) is 28.0 Å². The lowest BCUT2D eigenvalue weighted by Crippen LogP contribution is -2.12. The van der Waals surface area contributed by atoms with Crippen LogP contribution < -0.4 is 5.56 Å². The first kappa shape index (κ1) is 13.4. The molecule has 0 aliphatic heterocycles. The highest BCUT2D eigenvalue weighted by atomic mass is 32.1. The van der Waals surface area contributed by atoms with Gasteiger partial charge in [0.25, 0.3) is 5.56 Å². The van der Waals surface area contributed by atoms with E-state index in [9.17, 15) is 9.59 Å². The van der Waals surface area contributed by atoms with E-state index >= 15 is 0 Å². The molecule has 3 aromatic heterocycles. The lowest BCUT2D eigenvalue weighted by Gasteiger charge is -2.00. The van der Waals surface area contributed by atoms with Crippen LogP contribution in [0, 0.1) is 6.92 Å². The second-order valence-electron chi connectivity index (χ2n) is 4.43. The van der Waals surface area contributed by atoms with Gasteiger partial charge in [-0.3, -0.25) is 4.79 Å². The number of hydrogen-bond donors (Lipinski definition) is 2. The summed E-state index contributed by atoms with van der Waals surface area (Å²) in [5, 5.41) is 9.45. The van der Waals surface area contributed by atoms with E-state index in [1.54, 1.807) is 19.2 Å². The molecule has 3 heterocycles. The zero-order valence-electron chi connectivity index (χ0n) is 11.0. The van der Waals surface area contributed by atoms with E-state index in [1.807, 2.05) is 0 Å². The minimum atomic E-state index is -1.05. The summed E-state index contributed by atoms with van der Waals surface area (Å²) in [6, 6.07) is 1.73. The van der Waals surface area contributed by atoms with Crippen molar-refractivity contribution in [2.45, 2.75) is 13.3 Å². The fraction of sp³-hybridized carbons (Fsp3) is 0.154. The third-order valence-electron chi connectivity index (χ3n) is 3.04. The standard InChI is InChI=1S/C13H10N4O3S/c1-6-9-11(18)16-8(4-7-2-3-14-5-15-7)17-12(9)21-10(6)13(19)20/h2-3,5H,4H2,1H3,(H,19,20)(H,16,17,18). The van der Waals surface area contributed by atoms with Crippen molar-refractivity contribution >= 4 is 27.5 Å². The molecule has 0 saturated heterocycles. The van der Waals surface area contributed by atoms with Crippen LogP contribution in [0.5, 0.6) is 0 Å². The Labute approximate surface area is 122 Å². The molecule has 106 valence electrons. The number of aromatic carboxylic acids is 1. The maximum Gasteiger partial charge on any atom is 0.346 e. The van der Waals surface area contributed by atoms with Gasteiger partial charge in [-0.2, -0.15) is 0 Å². The number of thiophene rings is 1. The summed E-state index contributed by atoms with van der Waals surface area (Å²) in [5.74, 6) is -0.600. The molecule has 2 N–H and O–H groups in total. The Morgan fingerprint density at radius 1 is 1.48 bits per heavy atom. The van der Waals surface area contributed by atoms with Gasteiger partial charge in [-0.1, -0.05) is 0 Å². The van der Waals surface area contributed by atoms with Crippen LogP contribution >= 0.6 is 11.3 Å². The normalized spacial score (nSPS) is 10.9. The highest BCUT2D eigenvalue weighted by Gasteiger charge is 2.18. The number of aryl methyl sites for hydroxylation is 1. The number of aromatic amines is 1. The molecule has 0 fully saturated rings. The number of carboxylic acids is 1. The van der Waals surface area contributed by atoms with Crippen molar-refractivity contribution < 1.29 is 9.90 Å². The molecule has 0 bridgehead atoms. The Kier molecular flexibility index (Phi) is 3.22. The first-order chi connectivity index (χ1) is 10.1. The maximum absolute atomic E-state index is 12.1. The number of nitrogens with one attached hydrogen (secondary N) is 1. The Bertz CT molecular complexity index is 886. The lowest BCUT2D eigenvalue weighted by molar-refractivity contribution is 0.0701. The van der Waals surface area contributed by atoms with Crippen LogP contribution in [0.15, 0.2) is 23.4 Å². The quantitative estimate of drug-likeness (QED) is 0.756. The van der Waals surface area contributed by atoms with Crippen molar-refractivity contribution in [2.24, 2.45) is 0 Å². The summed E-state index contributed by atoms with van der Waals surface area (Å²) < 4.78 is 0. The molecular formula is C13H10N4O3S. The Morgan fingerprint density at radius 3 is 2.95 bits per heavy atom. The fourth-order valence-electron chi connectivity index (χ4n) is 2.07. The van der Waals surface area contributed by atoms with Crippen LogP contribution in [0.25, 0.3) is 10.2 Å². The number of aromatic nitrogens is 4. The third kappa shape index (κ3) is 2.40. The monoisotopic (exact) mass is 302 g/mol.